The summed E-state index contributed by atoms with van der Waals surface area (Å²) in [5, 5.41) is 9.28. The van der Waals surface area contributed by atoms with E-state index in [1.165, 1.54) is 12.1 Å². The predicted octanol–water partition coefficient (Wildman–Crippen LogP) is 1.82. The van der Waals surface area contributed by atoms with Gasteiger partial charge in [0.15, 0.2) is 0 Å². The fourth-order valence-electron chi connectivity index (χ4n) is 0.891. The summed E-state index contributed by atoms with van der Waals surface area (Å²) < 4.78 is 18.9. The second-order valence-corrected chi connectivity index (χ2v) is 4.80. The number of para-hydroxylation sites is 1. The molecule has 0 fully saturated rings. The molecule has 1 aromatic rings. The molecule has 0 radical (unpaired) electrons. The largest absolute Gasteiger partial charge is 0.507 e. The maximum Gasteiger partial charge on any atom is 0.132 e. The van der Waals surface area contributed by atoms with E-state index in [0.717, 1.165) is 0 Å². The molecule has 4 heteroatoms. The van der Waals surface area contributed by atoms with Crippen molar-refractivity contribution < 1.29 is 9.32 Å². The quantitative estimate of drug-likeness (QED) is 0.738. The van der Waals surface area contributed by atoms with Crippen molar-refractivity contribution in [2.75, 3.05) is 5.75 Å². The molecule has 1 atom stereocenters. The average Bonchev–Trinajstić information content (AvgIpc) is 2.05. The number of phenols is 1. The normalized spacial score (nSPS) is 15.4. The highest BCUT2D eigenvalue weighted by atomic mass is 32.2. The van der Waals surface area contributed by atoms with Crippen LogP contribution in [0.1, 0.15) is 6.92 Å². The van der Waals surface area contributed by atoms with Gasteiger partial charge in [-0.05, 0) is 12.1 Å². The van der Waals surface area contributed by atoms with Crippen molar-refractivity contribution in [3.63, 3.8) is 0 Å². The Morgan fingerprint density at radius 2 is 2.08 bits per heavy atom. The van der Waals surface area contributed by atoms with Gasteiger partial charge in [-0.15, -0.1) is 0 Å². The van der Waals surface area contributed by atoms with E-state index >= 15 is 0 Å². The molecule has 0 saturated heterocycles. The first-order valence-electron chi connectivity index (χ1n) is 3.62. The van der Waals surface area contributed by atoms with E-state index in [1.54, 1.807) is 19.1 Å². The topological polar surface area (TPSA) is 61.2 Å². The van der Waals surface area contributed by atoms with Crippen LogP contribution in [0.4, 0.5) is 0 Å². The van der Waals surface area contributed by atoms with Crippen LogP contribution in [0.25, 0.3) is 0 Å². The lowest BCUT2D eigenvalue weighted by atomic mass is 10.3. The van der Waals surface area contributed by atoms with Gasteiger partial charge in [-0.25, -0.2) is 8.99 Å². The monoisotopic (exact) mass is 185 g/mol. The van der Waals surface area contributed by atoms with Gasteiger partial charge in [-0.1, -0.05) is 19.1 Å². The number of nitrogens with one attached hydrogen (secondary N) is 1. The van der Waals surface area contributed by atoms with Gasteiger partial charge in [-0.3, -0.25) is 0 Å². The van der Waals surface area contributed by atoms with E-state index in [1.807, 2.05) is 0 Å². The lowest BCUT2D eigenvalue weighted by Crippen LogP contribution is -2.01. The Bertz CT molecular complexity index is 370. The van der Waals surface area contributed by atoms with Crippen LogP contribution >= 0.6 is 0 Å². The number of phenolic OH excluding ortho intramolecular Hbond substituents is 1. The van der Waals surface area contributed by atoms with Gasteiger partial charge in [0.25, 0.3) is 0 Å². The van der Waals surface area contributed by atoms with Crippen LogP contribution in [0.5, 0.6) is 5.75 Å². The minimum absolute atomic E-state index is 0.0562. The van der Waals surface area contributed by atoms with Crippen LogP contribution in [0.15, 0.2) is 29.2 Å². The first-order chi connectivity index (χ1) is 5.58. The molecule has 0 bridgehead atoms. The smallest absolute Gasteiger partial charge is 0.132 e. The Kier molecular flexibility index (Phi) is 2.38. The van der Waals surface area contributed by atoms with E-state index in [4.69, 9.17) is 4.78 Å². The van der Waals surface area contributed by atoms with E-state index in [-0.39, 0.29) is 16.4 Å². The van der Waals surface area contributed by atoms with Crippen LogP contribution in [-0.4, -0.2) is 15.1 Å². The second kappa shape index (κ2) is 3.15. The first kappa shape index (κ1) is 9.06. The molecule has 12 heavy (non-hydrogen) atoms. The molecule has 0 unspecified atom stereocenters. The summed E-state index contributed by atoms with van der Waals surface area (Å²) in [6, 6.07) is 6.27. The summed E-state index contributed by atoms with van der Waals surface area (Å²) in [5.74, 6) is 0.171. The number of hydrogen-bond donors (Lipinski definition) is 2. The molecule has 2 N–H and O–H groups in total. The number of benzene rings is 1. The fourth-order valence-corrected chi connectivity index (χ4v) is 1.91. The molecule has 0 saturated carbocycles. The lowest BCUT2D eigenvalue weighted by molar-refractivity contribution is 0.461. The van der Waals surface area contributed by atoms with E-state index in [0.29, 0.717) is 0 Å². The van der Waals surface area contributed by atoms with E-state index < -0.39 is 9.73 Å². The standard InChI is InChI=1S/C8H11NO2S/c1-2-12(9,11)8-6-4-3-5-7(8)10/h3-6,9-10H,2H2,1H3/t12-/m1/s1. The molecule has 3 nitrogen and oxygen atoms in total. The first-order valence-corrected chi connectivity index (χ1v) is 5.35. The summed E-state index contributed by atoms with van der Waals surface area (Å²) in [7, 11) is -2.78. The average molecular weight is 185 g/mol. The van der Waals surface area contributed by atoms with Crippen LogP contribution in [0.2, 0.25) is 0 Å². The maximum absolute atomic E-state index is 11.5. The van der Waals surface area contributed by atoms with Crippen LogP contribution in [0.3, 0.4) is 0 Å². The van der Waals surface area contributed by atoms with Gasteiger partial charge < -0.3 is 5.11 Å². The van der Waals surface area contributed by atoms with Crippen molar-refractivity contribution in [1.29, 1.82) is 4.78 Å². The second-order valence-electron chi connectivity index (χ2n) is 2.43. The van der Waals surface area contributed by atoms with Crippen molar-refractivity contribution in [3.8, 4) is 5.75 Å². The Morgan fingerprint density at radius 3 is 2.58 bits per heavy atom. The SMILES string of the molecule is CC[S@@](=N)(=O)c1ccccc1O. The van der Waals surface area contributed by atoms with Crippen molar-refractivity contribution in [2.24, 2.45) is 0 Å². The molecular weight excluding hydrogens is 174 g/mol. The molecule has 0 aliphatic rings. The summed E-state index contributed by atoms with van der Waals surface area (Å²) >= 11 is 0. The van der Waals surface area contributed by atoms with Crippen molar-refractivity contribution in [2.45, 2.75) is 11.8 Å². The van der Waals surface area contributed by atoms with Gasteiger partial charge in [0.1, 0.15) is 5.75 Å². The van der Waals surface area contributed by atoms with Gasteiger partial charge in [0.05, 0.1) is 14.6 Å². The summed E-state index contributed by atoms with van der Waals surface area (Å²) in [6.45, 7) is 1.67. The van der Waals surface area contributed by atoms with Crippen LogP contribution in [-0.2, 0) is 9.73 Å². The molecule has 0 spiro atoms. The molecule has 0 heterocycles. The fraction of sp³-hybridized carbons (Fsp3) is 0.250. The minimum Gasteiger partial charge on any atom is -0.507 e. The zero-order valence-corrected chi connectivity index (χ0v) is 7.60. The molecule has 0 aliphatic heterocycles. The van der Waals surface area contributed by atoms with Crippen molar-refractivity contribution >= 4 is 9.73 Å². The van der Waals surface area contributed by atoms with Gasteiger partial charge in [0, 0.05) is 5.75 Å². The zero-order valence-electron chi connectivity index (χ0n) is 6.78. The van der Waals surface area contributed by atoms with E-state index in [9.17, 15) is 9.32 Å². The molecule has 66 valence electrons. The maximum atomic E-state index is 11.5. The van der Waals surface area contributed by atoms with Crippen LogP contribution < -0.4 is 0 Å². The third-order valence-corrected chi connectivity index (χ3v) is 3.50. The highest BCUT2D eigenvalue weighted by Gasteiger charge is 2.10. The van der Waals surface area contributed by atoms with E-state index in [2.05, 4.69) is 0 Å². The summed E-state index contributed by atoms with van der Waals surface area (Å²) in [6.07, 6.45) is 0. The zero-order chi connectivity index (χ0) is 9.19. The third-order valence-electron chi connectivity index (χ3n) is 1.63. The lowest BCUT2D eigenvalue weighted by Gasteiger charge is -2.05. The highest BCUT2D eigenvalue weighted by molar-refractivity contribution is 7.92. The number of rotatable bonds is 2. The minimum atomic E-state index is -2.78. The van der Waals surface area contributed by atoms with Crippen molar-refractivity contribution in [1.82, 2.24) is 0 Å². The summed E-state index contributed by atoms with van der Waals surface area (Å²) in [4.78, 5) is 0.229. The predicted molar refractivity (Wildman–Crippen MR) is 47.8 cm³/mol. The molecule has 1 aromatic carbocycles. The Hall–Kier alpha value is -1.03. The number of hydrogen-bond acceptors (Lipinski definition) is 3. The number of aromatic hydroxyl groups is 1. The van der Waals surface area contributed by atoms with Gasteiger partial charge in [-0.2, -0.15) is 0 Å². The highest BCUT2D eigenvalue weighted by Crippen LogP contribution is 2.22. The van der Waals surface area contributed by atoms with Gasteiger partial charge in [0.2, 0.25) is 0 Å². The Labute approximate surface area is 72.0 Å². The molecule has 0 aliphatic carbocycles. The molecular formula is C8H11NO2S. The van der Waals surface area contributed by atoms with Gasteiger partial charge >= 0.3 is 0 Å². The Balaban J connectivity index is 3.30. The third kappa shape index (κ3) is 1.58. The Morgan fingerprint density at radius 1 is 1.50 bits per heavy atom. The summed E-state index contributed by atoms with van der Waals surface area (Å²) in [5.41, 5.74) is 0. The van der Waals surface area contributed by atoms with Crippen molar-refractivity contribution in [3.05, 3.63) is 24.3 Å². The van der Waals surface area contributed by atoms with Crippen LogP contribution in [0, 0.1) is 4.78 Å². The molecule has 0 amide bonds. The molecule has 1 rings (SSSR count). The molecule has 0 aromatic heterocycles.